The molecule has 0 saturated heterocycles. The SMILES string of the molecule is O=C(O)CC[C@H](NC(=O)[C@H]1CC[C@H](Sc2ccc(C(=O)c3ccccc3)c(Cl)c2Cl)C1)C(=O)O. The molecule has 1 aliphatic rings. The minimum Gasteiger partial charge on any atom is -0.481 e. The molecule has 7 nitrogen and oxygen atoms in total. The number of carbonyl (C=O) groups excluding carboxylic acids is 2. The van der Waals surface area contributed by atoms with Crippen molar-refractivity contribution in [3.05, 3.63) is 63.6 Å². The van der Waals surface area contributed by atoms with E-state index >= 15 is 0 Å². The number of carboxylic acid groups (broad SMARTS) is 2. The Morgan fingerprint density at radius 2 is 1.71 bits per heavy atom. The third-order valence-electron chi connectivity index (χ3n) is 5.64. The number of rotatable bonds is 10. The maximum absolute atomic E-state index is 12.7. The number of thioether (sulfide) groups is 1. The first-order chi connectivity index (χ1) is 16.2. The van der Waals surface area contributed by atoms with Crippen LogP contribution in [0.1, 0.15) is 48.0 Å². The normalized spacial score (nSPS) is 18.3. The number of ketones is 1. The summed E-state index contributed by atoms with van der Waals surface area (Å²) in [6.07, 6.45) is 1.28. The summed E-state index contributed by atoms with van der Waals surface area (Å²) in [7, 11) is 0. The Bertz CT molecular complexity index is 1090. The van der Waals surface area contributed by atoms with Crippen LogP contribution >= 0.6 is 35.0 Å². The van der Waals surface area contributed by atoms with Crippen molar-refractivity contribution in [1.29, 1.82) is 0 Å². The molecule has 1 fully saturated rings. The van der Waals surface area contributed by atoms with Gasteiger partial charge in [0, 0.05) is 33.6 Å². The van der Waals surface area contributed by atoms with E-state index in [1.165, 1.54) is 11.8 Å². The van der Waals surface area contributed by atoms with Gasteiger partial charge in [0.05, 0.1) is 10.0 Å². The molecule has 0 unspecified atom stereocenters. The van der Waals surface area contributed by atoms with E-state index in [-0.39, 0.29) is 39.8 Å². The Kier molecular flexibility index (Phi) is 8.99. The first-order valence-electron chi connectivity index (χ1n) is 10.7. The van der Waals surface area contributed by atoms with E-state index in [2.05, 4.69) is 5.32 Å². The number of benzene rings is 2. The standard InChI is InChI=1S/C24H23Cl2NO6S/c25-20-16(22(30)13-4-2-1-3-5-13)8-10-18(21(20)26)34-15-7-6-14(12-15)23(31)27-17(24(32)33)9-11-19(28)29/h1-5,8,10,14-15,17H,6-7,9,11-12H2,(H,27,31)(H,28,29)(H,32,33)/t14-,15-,17-/m0/s1. The van der Waals surface area contributed by atoms with E-state index in [1.54, 1.807) is 36.4 Å². The molecule has 0 bridgehead atoms. The Labute approximate surface area is 210 Å². The Balaban J connectivity index is 1.62. The lowest BCUT2D eigenvalue weighted by Gasteiger charge is -2.17. The molecule has 1 aliphatic carbocycles. The number of carboxylic acids is 2. The highest BCUT2D eigenvalue weighted by molar-refractivity contribution is 8.00. The summed E-state index contributed by atoms with van der Waals surface area (Å²) < 4.78 is 0. The van der Waals surface area contributed by atoms with Gasteiger partial charge in [0.2, 0.25) is 5.91 Å². The molecule has 3 N–H and O–H groups in total. The van der Waals surface area contributed by atoms with Gasteiger partial charge in [-0.15, -0.1) is 11.8 Å². The van der Waals surface area contributed by atoms with Crippen molar-refractivity contribution in [2.45, 2.75) is 48.3 Å². The zero-order chi connectivity index (χ0) is 24.8. The van der Waals surface area contributed by atoms with Crippen LogP contribution in [0.2, 0.25) is 10.0 Å². The number of hydrogen-bond acceptors (Lipinski definition) is 5. The highest BCUT2D eigenvalue weighted by Gasteiger charge is 2.33. The molecule has 1 saturated carbocycles. The monoisotopic (exact) mass is 523 g/mol. The van der Waals surface area contributed by atoms with Crippen LogP contribution in [0.4, 0.5) is 0 Å². The molecule has 0 heterocycles. The van der Waals surface area contributed by atoms with Crippen LogP contribution in [0.15, 0.2) is 47.4 Å². The van der Waals surface area contributed by atoms with Crippen molar-refractivity contribution in [2.24, 2.45) is 5.92 Å². The smallest absolute Gasteiger partial charge is 0.326 e. The lowest BCUT2D eigenvalue weighted by Crippen LogP contribution is -2.43. The summed E-state index contributed by atoms with van der Waals surface area (Å²) in [6.45, 7) is 0. The largest absolute Gasteiger partial charge is 0.481 e. The Hall–Kier alpha value is -2.55. The zero-order valence-electron chi connectivity index (χ0n) is 18.0. The van der Waals surface area contributed by atoms with Crippen LogP contribution in [0, 0.1) is 5.92 Å². The summed E-state index contributed by atoms with van der Waals surface area (Å²) in [6, 6.07) is 10.9. The second-order valence-corrected chi connectivity index (χ2v) is 10.1. The first-order valence-corrected chi connectivity index (χ1v) is 12.3. The predicted octanol–water partition coefficient (Wildman–Crippen LogP) is 4.92. The summed E-state index contributed by atoms with van der Waals surface area (Å²) in [5, 5.41) is 21.0. The highest BCUT2D eigenvalue weighted by atomic mass is 35.5. The van der Waals surface area contributed by atoms with Crippen LogP contribution in [-0.2, 0) is 14.4 Å². The first kappa shape index (κ1) is 26.1. The van der Waals surface area contributed by atoms with E-state index in [1.807, 2.05) is 6.07 Å². The second kappa shape index (κ2) is 11.7. The van der Waals surface area contributed by atoms with Gasteiger partial charge in [0.25, 0.3) is 0 Å². The number of hydrogen-bond donors (Lipinski definition) is 3. The van der Waals surface area contributed by atoms with E-state index in [9.17, 15) is 24.3 Å². The van der Waals surface area contributed by atoms with Crippen molar-refractivity contribution in [2.75, 3.05) is 0 Å². The maximum atomic E-state index is 12.7. The zero-order valence-corrected chi connectivity index (χ0v) is 20.3. The van der Waals surface area contributed by atoms with Crippen molar-refractivity contribution < 1.29 is 29.4 Å². The van der Waals surface area contributed by atoms with Crippen LogP contribution < -0.4 is 5.32 Å². The van der Waals surface area contributed by atoms with Crippen molar-refractivity contribution >= 4 is 58.6 Å². The molecule has 3 rings (SSSR count). The van der Waals surface area contributed by atoms with Gasteiger partial charge < -0.3 is 15.5 Å². The van der Waals surface area contributed by atoms with Crippen LogP contribution in [0.3, 0.4) is 0 Å². The lowest BCUT2D eigenvalue weighted by atomic mass is 10.0. The molecular formula is C24H23Cl2NO6S. The van der Waals surface area contributed by atoms with Gasteiger partial charge in [-0.1, -0.05) is 53.5 Å². The van der Waals surface area contributed by atoms with Crippen molar-refractivity contribution in [3.63, 3.8) is 0 Å². The Morgan fingerprint density at radius 1 is 1.00 bits per heavy atom. The van der Waals surface area contributed by atoms with Gasteiger partial charge in [-0.05, 0) is 37.8 Å². The van der Waals surface area contributed by atoms with E-state index in [0.717, 1.165) is 0 Å². The molecule has 2 aromatic rings. The summed E-state index contributed by atoms with van der Waals surface area (Å²) in [5.41, 5.74) is 0.820. The molecule has 10 heteroatoms. The average molecular weight is 524 g/mol. The average Bonchev–Trinajstić information content (AvgIpc) is 3.28. The van der Waals surface area contributed by atoms with Gasteiger partial charge in [0.1, 0.15) is 6.04 Å². The molecule has 1 amide bonds. The third kappa shape index (κ3) is 6.52. The molecule has 0 aliphatic heterocycles. The fourth-order valence-electron chi connectivity index (χ4n) is 3.82. The summed E-state index contributed by atoms with van der Waals surface area (Å²) in [5.74, 6) is -3.38. The summed E-state index contributed by atoms with van der Waals surface area (Å²) >= 11 is 14.4. The number of carbonyl (C=O) groups is 4. The molecule has 0 radical (unpaired) electrons. The number of amides is 1. The third-order valence-corrected chi connectivity index (χ3v) is 7.99. The van der Waals surface area contributed by atoms with E-state index in [4.69, 9.17) is 28.3 Å². The van der Waals surface area contributed by atoms with Crippen LogP contribution in [0.5, 0.6) is 0 Å². The van der Waals surface area contributed by atoms with Gasteiger partial charge >= 0.3 is 11.9 Å². The molecular weight excluding hydrogens is 501 g/mol. The molecule has 0 spiro atoms. The lowest BCUT2D eigenvalue weighted by molar-refractivity contribution is -0.143. The van der Waals surface area contributed by atoms with Crippen molar-refractivity contribution in [3.8, 4) is 0 Å². The van der Waals surface area contributed by atoms with Gasteiger partial charge in [-0.25, -0.2) is 4.79 Å². The predicted molar refractivity (Wildman–Crippen MR) is 130 cm³/mol. The van der Waals surface area contributed by atoms with Crippen LogP contribution in [-0.4, -0.2) is 45.1 Å². The fourth-order valence-corrected chi connectivity index (χ4v) is 5.72. The number of nitrogens with one attached hydrogen (secondary N) is 1. The van der Waals surface area contributed by atoms with Gasteiger partial charge in [-0.2, -0.15) is 0 Å². The minimum absolute atomic E-state index is 0.0577. The van der Waals surface area contributed by atoms with E-state index in [0.29, 0.717) is 35.3 Å². The maximum Gasteiger partial charge on any atom is 0.326 e. The van der Waals surface area contributed by atoms with Crippen molar-refractivity contribution in [1.82, 2.24) is 5.32 Å². The molecule has 3 atom stereocenters. The summed E-state index contributed by atoms with van der Waals surface area (Å²) in [4.78, 5) is 48.1. The number of halogens is 2. The molecule has 2 aromatic carbocycles. The molecule has 34 heavy (non-hydrogen) atoms. The highest BCUT2D eigenvalue weighted by Crippen LogP contribution is 2.43. The van der Waals surface area contributed by atoms with Gasteiger partial charge in [0.15, 0.2) is 5.78 Å². The number of aliphatic carboxylic acids is 2. The molecule has 0 aromatic heterocycles. The van der Waals surface area contributed by atoms with Gasteiger partial charge in [-0.3, -0.25) is 14.4 Å². The minimum atomic E-state index is -1.26. The fraction of sp³-hybridized carbons (Fsp3) is 0.333. The topological polar surface area (TPSA) is 121 Å². The second-order valence-electron chi connectivity index (χ2n) is 8.02. The molecule has 180 valence electrons. The quantitative estimate of drug-likeness (QED) is 0.378. The van der Waals surface area contributed by atoms with E-state index < -0.39 is 23.9 Å². The van der Waals surface area contributed by atoms with Crippen LogP contribution in [0.25, 0.3) is 0 Å². The Morgan fingerprint density at radius 3 is 2.35 bits per heavy atom.